The Balaban J connectivity index is 1.79. The standard InChI is InChI=1S/C18H17BrClN3O2S2/c1-8-2-4-10-13(6-8)27-17(14(10)15(21)24)23-18(26)22-16(25)11-7-9(19)3-5-12(11)20/h3,5,7-8H,2,4,6H2,1H3,(H2,21,24)(H2,22,23,25,26). The van der Waals surface area contributed by atoms with Gasteiger partial charge in [-0.25, -0.2) is 0 Å². The first-order chi connectivity index (χ1) is 12.8. The molecule has 4 N–H and O–H groups in total. The monoisotopic (exact) mass is 485 g/mol. The molecule has 0 fully saturated rings. The van der Waals surface area contributed by atoms with Crippen molar-refractivity contribution in [2.24, 2.45) is 11.7 Å². The summed E-state index contributed by atoms with van der Waals surface area (Å²) in [7, 11) is 0. The van der Waals surface area contributed by atoms with Crippen molar-refractivity contribution in [3.05, 3.63) is 49.3 Å². The van der Waals surface area contributed by atoms with Crippen molar-refractivity contribution in [3.8, 4) is 0 Å². The van der Waals surface area contributed by atoms with Crippen molar-refractivity contribution in [1.29, 1.82) is 0 Å². The first kappa shape index (κ1) is 20.3. The molecule has 1 atom stereocenters. The van der Waals surface area contributed by atoms with Gasteiger partial charge in [0.25, 0.3) is 11.8 Å². The van der Waals surface area contributed by atoms with Crippen molar-refractivity contribution < 1.29 is 9.59 Å². The van der Waals surface area contributed by atoms with Gasteiger partial charge in [-0.15, -0.1) is 11.3 Å². The number of carbonyl (C=O) groups excluding carboxylic acids is 2. The van der Waals surface area contributed by atoms with Crippen molar-refractivity contribution in [2.75, 3.05) is 5.32 Å². The quantitative estimate of drug-likeness (QED) is 0.557. The smallest absolute Gasteiger partial charge is 0.258 e. The molecule has 9 heteroatoms. The average Bonchev–Trinajstić information content (AvgIpc) is 2.93. The van der Waals surface area contributed by atoms with Crippen molar-refractivity contribution in [1.82, 2.24) is 5.32 Å². The van der Waals surface area contributed by atoms with E-state index in [2.05, 4.69) is 33.5 Å². The Hall–Kier alpha value is -1.48. The fourth-order valence-corrected chi connectivity index (χ4v) is 5.32. The topological polar surface area (TPSA) is 84.2 Å². The number of primary amides is 1. The van der Waals surface area contributed by atoms with E-state index < -0.39 is 11.8 Å². The van der Waals surface area contributed by atoms with E-state index in [1.165, 1.54) is 11.3 Å². The highest BCUT2D eigenvalue weighted by molar-refractivity contribution is 9.10. The van der Waals surface area contributed by atoms with Gasteiger partial charge >= 0.3 is 0 Å². The van der Waals surface area contributed by atoms with Gasteiger partial charge in [0.1, 0.15) is 5.00 Å². The van der Waals surface area contributed by atoms with Crippen LogP contribution in [0.25, 0.3) is 0 Å². The fourth-order valence-electron chi connectivity index (χ4n) is 3.08. The van der Waals surface area contributed by atoms with Crippen LogP contribution < -0.4 is 16.4 Å². The maximum absolute atomic E-state index is 12.4. The zero-order chi connectivity index (χ0) is 19.7. The molecule has 1 unspecified atom stereocenters. The molecule has 0 radical (unpaired) electrons. The summed E-state index contributed by atoms with van der Waals surface area (Å²) in [4.78, 5) is 25.6. The molecule has 5 nitrogen and oxygen atoms in total. The maximum atomic E-state index is 12.4. The van der Waals surface area contributed by atoms with E-state index in [-0.39, 0.29) is 5.11 Å². The number of thiocarbonyl (C=S) groups is 1. The van der Waals surface area contributed by atoms with Gasteiger partial charge in [-0.1, -0.05) is 34.5 Å². The number of nitrogens with two attached hydrogens (primary N) is 1. The molecule has 142 valence electrons. The summed E-state index contributed by atoms with van der Waals surface area (Å²) in [6.45, 7) is 2.19. The summed E-state index contributed by atoms with van der Waals surface area (Å²) >= 11 is 16.1. The highest BCUT2D eigenvalue weighted by Crippen LogP contribution is 2.39. The first-order valence-corrected chi connectivity index (χ1v) is 10.7. The highest BCUT2D eigenvalue weighted by atomic mass is 79.9. The van der Waals surface area contributed by atoms with Crippen LogP contribution in [0, 0.1) is 5.92 Å². The van der Waals surface area contributed by atoms with E-state index in [0.717, 1.165) is 34.2 Å². The molecule has 0 saturated carbocycles. The number of nitrogens with one attached hydrogen (secondary N) is 2. The maximum Gasteiger partial charge on any atom is 0.258 e. The Bertz CT molecular complexity index is 945. The molecule has 0 spiro atoms. The number of benzene rings is 1. The van der Waals surface area contributed by atoms with E-state index in [0.29, 0.717) is 27.1 Å². The van der Waals surface area contributed by atoms with Gasteiger partial charge in [-0.3, -0.25) is 14.9 Å². The van der Waals surface area contributed by atoms with E-state index in [1.54, 1.807) is 18.2 Å². The largest absolute Gasteiger partial charge is 0.365 e. The highest BCUT2D eigenvalue weighted by Gasteiger charge is 2.27. The first-order valence-electron chi connectivity index (χ1n) is 8.28. The number of halogens is 2. The van der Waals surface area contributed by atoms with Crippen molar-refractivity contribution in [3.63, 3.8) is 0 Å². The molecule has 1 aromatic heterocycles. The number of hydrogen-bond donors (Lipinski definition) is 3. The third-order valence-electron chi connectivity index (χ3n) is 4.39. The zero-order valence-electron chi connectivity index (χ0n) is 14.4. The molecule has 1 aliphatic rings. The third kappa shape index (κ3) is 4.51. The molecule has 2 aromatic rings. The molecule has 1 aliphatic carbocycles. The van der Waals surface area contributed by atoms with Gasteiger partial charge in [0.15, 0.2) is 5.11 Å². The number of hydrogen-bond acceptors (Lipinski definition) is 4. The molecular weight excluding hydrogens is 470 g/mol. The molecular formula is C18H17BrClN3O2S2. The van der Waals surface area contributed by atoms with Crippen molar-refractivity contribution >= 4 is 73.0 Å². The van der Waals surface area contributed by atoms with Crippen LogP contribution in [0.1, 0.15) is 44.5 Å². The van der Waals surface area contributed by atoms with Gasteiger partial charge in [-0.05, 0) is 61.2 Å². The number of carbonyl (C=O) groups is 2. The molecule has 1 heterocycles. The summed E-state index contributed by atoms with van der Waals surface area (Å²) in [5.74, 6) is -0.363. The van der Waals surface area contributed by atoms with Gasteiger partial charge < -0.3 is 11.1 Å². The lowest BCUT2D eigenvalue weighted by Gasteiger charge is -2.18. The molecule has 27 heavy (non-hydrogen) atoms. The van der Waals surface area contributed by atoms with Crippen LogP contribution >= 0.6 is 51.1 Å². The lowest BCUT2D eigenvalue weighted by atomic mass is 9.88. The van der Waals surface area contributed by atoms with Crippen LogP contribution in [-0.4, -0.2) is 16.9 Å². The van der Waals surface area contributed by atoms with Crippen LogP contribution in [0.15, 0.2) is 22.7 Å². The SMILES string of the molecule is CC1CCc2c(sc(NC(=S)NC(=O)c3cc(Br)ccc3Cl)c2C(N)=O)C1. The minimum atomic E-state index is -0.492. The van der Waals surface area contributed by atoms with Crippen LogP contribution in [0.3, 0.4) is 0 Å². The van der Waals surface area contributed by atoms with Crippen molar-refractivity contribution in [2.45, 2.75) is 26.2 Å². The average molecular weight is 487 g/mol. The summed E-state index contributed by atoms with van der Waals surface area (Å²) in [6.07, 6.45) is 2.75. The second-order valence-corrected chi connectivity index (χ2v) is 9.29. The number of fused-ring (bicyclic) bond motifs is 1. The van der Waals surface area contributed by atoms with Crippen LogP contribution in [0.2, 0.25) is 5.02 Å². The summed E-state index contributed by atoms with van der Waals surface area (Å²) < 4.78 is 0.729. The summed E-state index contributed by atoms with van der Waals surface area (Å²) in [6, 6.07) is 4.98. The summed E-state index contributed by atoms with van der Waals surface area (Å²) in [5, 5.41) is 6.54. The zero-order valence-corrected chi connectivity index (χ0v) is 18.4. The predicted molar refractivity (Wildman–Crippen MR) is 117 cm³/mol. The van der Waals surface area contributed by atoms with Crippen LogP contribution in [-0.2, 0) is 12.8 Å². The minimum absolute atomic E-state index is 0.0881. The molecule has 3 rings (SSSR count). The Morgan fingerprint density at radius 1 is 1.41 bits per heavy atom. The fraction of sp³-hybridized carbons (Fsp3) is 0.278. The lowest BCUT2D eigenvalue weighted by Crippen LogP contribution is -2.34. The van der Waals surface area contributed by atoms with E-state index in [1.807, 2.05) is 0 Å². The number of rotatable bonds is 3. The second-order valence-electron chi connectivity index (χ2n) is 6.45. The normalized spacial score (nSPS) is 15.7. The van der Waals surface area contributed by atoms with E-state index in [4.69, 9.17) is 29.6 Å². The Morgan fingerprint density at radius 2 is 2.15 bits per heavy atom. The van der Waals surface area contributed by atoms with Gasteiger partial charge in [0.05, 0.1) is 16.1 Å². The van der Waals surface area contributed by atoms with Gasteiger partial charge in [0.2, 0.25) is 0 Å². The summed E-state index contributed by atoms with van der Waals surface area (Å²) in [5.41, 5.74) is 7.36. The Labute approximate surface area is 179 Å². The Morgan fingerprint density at radius 3 is 2.85 bits per heavy atom. The van der Waals surface area contributed by atoms with E-state index in [9.17, 15) is 9.59 Å². The van der Waals surface area contributed by atoms with Gasteiger partial charge in [0, 0.05) is 9.35 Å². The molecule has 1 aromatic carbocycles. The molecule has 0 bridgehead atoms. The molecule has 0 aliphatic heterocycles. The second kappa shape index (κ2) is 8.26. The number of anilines is 1. The van der Waals surface area contributed by atoms with Crippen LogP contribution in [0.5, 0.6) is 0 Å². The van der Waals surface area contributed by atoms with E-state index >= 15 is 0 Å². The Kier molecular flexibility index (Phi) is 6.20. The molecule has 2 amide bonds. The number of thiophene rings is 1. The predicted octanol–water partition coefficient (Wildman–Crippen LogP) is 4.51. The van der Waals surface area contributed by atoms with Gasteiger partial charge in [-0.2, -0.15) is 0 Å². The lowest BCUT2D eigenvalue weighted by molar-refractivity contribution is 0.0975. The molecule has 0 saturated heterocycles. The minimum Gasteiger partial charge on any atom is -0.365 e. The third-order valence-corrected chi connectivity index (χ3v) is 6.58. The van der Waals surface area contributed by atoms with Crippen LogP contribution in [0.4, 0.5) is 5.00 Å². The number of amides is 2.